The van der Waals surface area contributed by atoms with E-state index in [-0.39, 0.29) is 17.0 Å². The first kappa shape index (κ1) is 21.7. The average Bonchev–Trinajstić information content (AvgIpc) is 3.05. The van der Waals surface area contributed by atoms with E-state index in [2.05, 4.69) is 11.4 Å². The van der Waals surface area contributed by atoms with Gasteiger partial charge in [0.15, 0.2) is 6.61 Å². The van der Waals surface area contributed by atoms with Crippen molar-refractivity contribution in [2.75, 3.05) is 11.9 Å². The van der Waals surface area contributed by atoms with E-state index in [1.54, 1.807) is 56.3 Å². The van der Waals surface area contributed by atoms with Crippen LogP contribution in [0.4, 0.5) is 5.88 Å². The van der Waals surface area contributed by atoms with Crippen molar-refractivity contribution in [2.24, 2.45) is 0 Å². The van der Waals surface area contributed by atoms with Crippen molar-refractivity contribution in [3.63, 3.8) is 0 Å². The fourth-order valence-electron chi connectivity index (χ4n) is 2.71. The minimum Gasteiger partial charge on any atom is -0.452 e. The number of rotatable bonds is 6. The number of carbonyl (C=O) groups excluding carboxylic acids is 2. The Morgan fingerprint density at radius 3 is 2.42 bits per heavy atom. The lowest BCUT2D eigenvalue weighted by Crippen LogP contribution is -2.21. The highest BCUT2D eigenvalue weighted by Gasteiger charge is 2.19. The van der Waals surface area contributed by atoms with Crippen molar-refractivity contribution >= 4 is 29.5 Å². The van der Waals surface area contributed by atoms with Gasteiger partial charge in [-0.25, -0.2) is 4.79 Å². The van der Waals surface area contributed by atoms with Gasteiger partial charge in [-0.2, -0.15) is 10.5 Å². The van der Waals surface area contributed by atoms with Crippen LogP contribution in [-0.4, -0.2) is 18.5 Å². The molecule has 0 fully saturated rings. The van der Waals surface area contributed by atoms with E-state index in [0.717, 1.165) is 0 Å². The third-order valence-corrected chi connectivity index (χ3v) is 5.57. The number of esters is 1. The van der Waals surface area contributed by atoms with E-state index in [4.69, 9.17) is 9.15 Å². The second-order valence-electron chi connectivity index (χ2n) is 6.43. The molecule has 0 radical (unpaired) electrons. The van der Waals surface area contributed by atoms with Crippen molar-refractivity contribution in [3.8, 4) is 12.1 Å². The first-order valence-corrected chi connectivity index (χ1v) is 9.99. The van der Waals surface area contributed by atoms with Crippen LogP contribution in [0.25, 0.3) is 0 Å². The Bertz CT molecular complexity index is 1230. The lowest BCUT2D eigenvalue weighted by atomic mass is 10.2. The van der Waals surface area contributed by atoms with E-state index in [1.807, 2.05) is 12.1 Å². The summed E-state index contributed by atoms with van der Waals surface area (Å²) in [7, 11) is 0. The molecule has 154 valence electrons. The average molecular weight is 431 g/mol. The summed E-state index contributed by atoms with van der Waals surface area (Å²) >= 11 is 1.26. The molecule has 31 heavy (non-hydrogen) atoms. The van der Waals surface area contributed by atoms with Crippen molar-refractivity contribution in [1.29, 1.82) is 10.5 Å². The standard InChI is InChI=1S/C23H17N3O4S/c1-14-15(2)30-22(18(14)12-25)26-21(27)13-29-23(28)17-8-4-6-10-20(17)31-19-9-5-3-7-16(19)11-24/h3-10H,13H2,1-2H3,(H,26,27). The van der Waals surface area contributed by atoms with Gasteiger partial charge in [-0.15, -0.1) is 0 Å². The number of furan rings is 1. The van der Waals surface area contributed by atoms with Gasteiger partial charge in [0, 0.05) is 15.4 Å². The van der Waals surface area contributed by atoms with Crippen molar-refractivity contribution in [1.82, 2.24) is 0 Å². The Hall–Kier alpha value is -4.01. The number of nitriles is 2. The van der Waals surface area contributed by atoms with E-state index in [1.165, 1.54) is 11.8 Å². The number of ether oxygens (including phenoxy) is 1. The number of anilines is 1. The van der Waals surface area contributed by atoms with Crippen LogP contribution in [0.3, 0.4) is 0 Å². The summed E-state index contributed by atoms with van der Waals surface area (Å²) < 4.78 is 10.5. The molecule has 0 aliphatic rings. The van der Waals surface area contributed by atoms with Gasteiger partial charge in [-0.05, 0) is 38.1 Å². The minimum absolute atomic E-state index is 0.0302. The van der Waals surface area contributed by atoms with Gasteiger partial charge in [-0.3, -0.25) is 10.1 Å². The Morgan fingerprint density at radius 2 is 1.71 bits per heavy atom. The van der Waals surface area contributed by atoms with Gasteiger partial charge in [0.2, 0.25) is 5.88 Å². The van der Waals surface area contributed by atoms with Gasteiger partial charge in [0.25, 0.3) is 5.91 Å². The van der Waals surface area contributed by atoms with Crippen LogP contribution < -0.4 is 5.32 Å². The number of nitrogens with zero attached hydrogens (tertiary/aromatic N) is 2. The van der Waals surface area contributed by atoms with Gasteiger partial charge >= 0.3 is 5.97 Å². The number of amides is 1. The molecular weight excluding hydrogens is 414 g/mol. The highest BCUT2D eigenvalue weighted by Crippen LogP contribution is 2.33. The monoisotopic (exact) mass is 431 g/mol. The Morgan fingerprint density at radius 1 is 1.03 bits per heavy atom. The molecule has 3 aromatic rings. The molecule has 0 atom stereocenters. The van der Waals surface area contributed by atoms with Crippen LogP contribution in [0.15, 0.2) is 62.7 Å². The number of hydrogen-bond acceptors (Lipinski definition) is 7. The maximum absolute atomic E-state index is 12.6. The molecule has 8 heteroatoms. The van der Waals surface area contributed by atoms with E-state index in [0.29, 0.717) is 26.7 Å². The highest BCUT2D eigenvalue weighted by molar-refractivity contribution is 7.99. The van der Waals surface area contributed by atoms with Crippen LogP contribution in [0.2, 0.25) is 0 Å². The van der Waals surface area contributed by atoms with E-state index >= 15 is 0 Å². The zero-order valence-electron chi connectivity index (χ0n) is 16.8. The summed E-state index contributed by atoms with van der Waals surface area (Å²) in [4.78, 5) is 26.1. The highest BCUT2D eigenvalue weighted by atomic mass is 32.2. The minimum atomic E-state index is -0.681. The summed E-state index contributed by atoms with van der Waals surface area (Å²) in [5.41, 5.74) is 1.64. The molecule has 1 aromatic heterocycles. The summed E-state index contributed by atoms with van der Waals surface area (Å²) in [6, 6.07) is 17.9. The predicted molar refractivity (Wildman–Crippen MR) is 114 cm³/mol. The zero-order chi connectivity index (χ0) is 22.4. The summed E-state index contributed by atoms with van der Waals surface area (Å²) in [6.45, 7) is 2.85. The lowest BCUT2D eigenvalue weighted by Gasteiger charge is -2.10. The molecule has 0 aliphatic heterocycles. The number of benzene rings is 2. The number of aryl methyl sites for hydroxylation is 1. The quantitative estimate of drug-likeness (QED) is 0.568. The first-order chi connectivity index (χ1) is 14.9. The third-order valence-electron chi connectivity index (χ3n) is 4.42. The van der Waals surface area contributed by atoms with Gasteiger partial charge < -0.3 is 9.15 Å². The predicted octanol–water partition coefficient (Wildman–Crippen LogP) is 4.59. The smallest absolute Gasteiger partial charge is 0.339 e. The summed E-state index contributed by atoms with van der Waals surface area (Å²) in [5, 5.41) is 20.9. The number of carbonyl (C=O) groups is 2. The van der Waals surface area contributed by atoms with Crippen LogP contribution in [0.1, 0.15) is 32.8 Å². The second-order valence-corrected chi connectivity index (χ2v) is 7.51. The largest absolute Gasteiger partial charge is 0.452 e. The van der Waals surface area contributed by atoms with E-state index in [9.17, 15) is 20.1 Å². The maximum Gasteiger partial charge on any atom is 0.339 e. The molecule has 2 aromatic carbocycles. The summed E-state index contributed by atoms with van der Waals surface area (Å²) in [5.74, 6) is -0.756. The van der Waals surface area contributed by atoms with Crippen molar-refractivity contribution in [2.45, 2.75) is 23.6 Å². The molecule has 0 unspecified atom stereocenters. The fraction of sp³-hybridized carbons (Fsp3) is 0.130. The molecule has 0 aliphatic carbocycles. The topological polar surface area (TPSA) is 116 Å². The molecule has 1 N–H and O–H groups in total. The molecule has 3 rings (SSSR count). The molecular formula is C23H17N3O4S. The van der Waals surface area contributed by atoms with Crippen LogP contribution >= 0.6 is 11.8 Å². The van der Waals surface area contributed by atoms with Crippen LogP contribution in [0, 0.1) is 36.5 Å². The van der Waals surface area contributed by atoms with Gasteiger partial charge in [-0.1, -0.05) is 36.0 Å². The van der Waals surface area contributed by atoms with Gasteiger partial charge in [0.1, 0.15) is 23.5 Å². The fourth-order valence-corrected chi connectivity index (χ4v) is 3.73. The number of hydrogen-bond donors (Lipinski definition) is 1. The molecule has 7 nitrogen and oxygen atoms in total. The normalized spacial score (nSPS) is 10.1. The van der Waals surface area contributed by atoms with Crippen LogP contribution in [0.5, 0.6) is 0 Å². The van der Waals surface area contributed by atoms with Crippen LogP contribution in [-0.2, 0) is 9.53 Å². The maximum atomic E-state index is 12.6. The second kappa shape index (κ2) is 9.66. The Kier molecular flexibility index (Phi) is 6.76. The SMILES string of the molecule is Cc1oc(NC(=O)COC(=O)c2ccccc2Sc2ccccc2C#N)c(C#N)c1C. The first-order valence-electron chi connectivity index (χ1n) is 9.17. The van der Waals surface area contributed by atoms with E-state index < -0.39 is 18.5 Å². The Labute approximate surface area is 183 Å². The third kappa shape index (κ3) is 4.95. The van der Waals surface area contributed by atoms with Crippen molar-refractivity contribution in [3.05, 3.63) is 76.5 Å². The molecule has 0 spiro atoms. The molecule has 0 bridgehead atoms. The molecule has 1 amide bonds. The zero-order valence-corrected chi connectivity index (χ0v) is 17.6. The molecule has 0 saturated carbocycles. The number of nitrogens with one attached hydrogen (secondary N) is 1. The Balaban J connectivity index is 1.69. The van der Waals surface area contributed by atoms with Crippen molar-refractivity contribution < 1.29 is 18.7 Å². The molecule has 1 heterocycles. The summed E-state index contributed by atoms with van der Waals surface area (Å²) in [6.07, 6.45) is 0. The lowest BCUT2D eigenvalue weighted by molar-refractivity contribution is -0.119. The van der Waals surface area contributed by atoms with Gasteiger partial charge in [0.05, 0.1) is 11.1 Å². The molecule has 0 saturated heterocycles.